The van der Waals surface area contributed by atoms with Gasteiger partial charge in [-0.2, -0.15) is 0 Å². The summed E-state index contributed by atoms with van der Waals surface area (Å²) in [6.45, 7) is 2.29. The van der Waals surface area contributed by atoms with Crippen LogP contribution in [0.3, 0.4) is 0 Å². The second-order valence-corrected chi connectivity index (χ2v) is 15.3. The second-order valence-electron chi connectivity index (χ2n) is 15.3. The van der Waals surface area contributed by atoms with Crippen LogP contribution in [0.1, 0.15) is 41.2 Å². The van der Waals surface area contributed by atoms with E-state index in [9.17, 15) is 0 Å². The summed E-state index contributed by atoms with van der Waals surface area (Å²) in [7, 11) is 0. The normalized spacial score (nSPS) is 15.0. The molecule has 0 N–H and O–H groups in total. The Morgan fingerprint density at radius 1 is 0.439 bits per heavy atom. The van der Waals surface area contributed by atoms with Crippen molar-refractivity contribution in [3.63, 3.8) is 0 Å². The summed E-state index contributed by atoms with van der Waals surface area (Å²) < 4.78 is 0. The number of anilines is 3. The van der Waals surface area contributed by atoms with Crippen LogP contribution in [0.5, 0.6) is 0 Å². The van der Waals surface area contributed by atoms with Crippen molar-refractivity contribution < 1.29 is 0 Å². The van der Waals surface area contributed by atoms with Gasteiger partial charge in [0.15, 0.2) is 0 Å². The van der Waals surface area contributed by atoms with Crippen LogP contribution >= 0.6 is 0 Å². The minimum atomic E-state index is -0.526. The number of fused-ring (bicyclic) bond motifs is 3. The molecule has 8 aromatic carbocycles. The number of hydrogen-bond donors (Lipinski definition) is 0. The van der Waals surface area contributed by atoms with Gasteiger partial charge in [0.25, 0.3) is 0 Å². The van der Waals surface area contributed by atoms with Gasteiger partial charge >= 0.3 is 0 Å². The van der Waals surface area contributed by atoms with Crippen LogP contribution in [0.15, 0.2) is 224 Å². The number of hydrogen-bond acceptors (Lipinski definition) is 1. The lowest BCUT2D eigenvalue weighted by atomic mass is 9.67. The molecule has 0 heterocycles. The minimum absolute atomic E-state index is 0.526. The first kappa shape index (κ1) is 34.5. The molecular weight excluding hydrogens is 687 g/mol. The summed E-state index contributed by atoms with van der Waals surface area (Å²) in [5.74, 6) is 0.530. The van der Waals surface area contributed by atoms with Crippen molar-refractivity contribution in [3.05, 3.63) is 252 Å². The van der Waals surface area contributed by atoms with Crippen LogP contribution in [0.2, 0.25) is 0 Å². The summed E-state index contributed by atoms with van der Waals surface area (Å²) in [5, 5.41) is 0. The Labute approximate surface area is 336 Å². The van der Waals surface area contributed by atoms with Gasteiger partial charge < -0.3 is 4.90 Å². The fourth-order valence-electron chi connectivity index (χ4n) is 9.21. The van der Waals surface area contributed by atoms with E-state index in [2.05, 4.69) is 236 Å². The van der Waals surface area contributed by atoms with Gasteiger partial charge in [-0.3, -0.25) is 0 Å². The highest BCUT2D eigenvalue weighted by atomic mass is 15.1. The predicted molar refractivity (Wildman–Crippen MR) is 240 cm³/mol. The van der Waals surface area contributed by atoms with Crippen molar-refractivity contribution in [2.24, 2.45) is 5.92 Å². The molecule has 0 saturated carbocycles. The molecule has 272 valence electrons. The Bertz CT molecular complexity index is 2690. The molecule has 0 amide bonds. The molecule has 57 heavy (non-hydrogen) atoms. The predicted octanol–water partition coefficient (Wildman–Crippen LogP) is 14.8. The molecule has 0 radical (unpaired) electrons. The lowest BCUT2D eigenvalue weighted by molar-refractivity contribution is 0.740. The average molecular weight is 730 g/mol. The van der Waals surface area contributed by atoms with Gasteiger partial charge in [-0.15, -0.1) is 0 Å². The molecule has 0 spiro atoms. The maximum absolute atomic E-state index is 2.50. The van der Waals surface area contributed by atoms with E-state index in [4.69, 9.17) is 0 Å². The maximum Gasteiger partial charge on any atom is 0.0714 e. The molecule has 0 saturated heterocycles. The summed E-state index contributed by atoms with van der Waals surface area (Å²) in [5.41, 5.74) is 17.7. The fraction of sp³-hybridized carbons (Fsp3) is 0.0714. The zero-order chi connectivity index (χ0) is 38.2. The molecule has 0 aromatic heterocycles. The summed E-state index contributed by atoms with van der Waals surface area (Å²) in [4.78, 5) is 2.47. The molecule has 8 aromatic rings. The largest absolute Gasteiger partial charge is 0.310 e. The number of rotatable bonds is 8. The summed E-state index contributed by atoms with van der Waals surface area (Å²) in [6, 6.07) is 76.0. The van der Waals surface area contributed by atoms with E-state index < -0.39 is 5.41 Å². The van der Waals surface area contributed by atoms with E-state index in [-0.39, 0.29) is 0 Å². The standard InChI is InChI=1S/C56H43N/c1-40-17-16-22-45(37-40)43-31-35-49(36-32-43)57(48-33-29-42(30-34-48)41-18-6-2-7-19-41)55-39-54-52(38-51(55)44-20-8-3-9-21-44)50-27-14-15-28-53(50)56(54,46-23-10-4-11-24-46)47-25-12-5-13-26-47/h2-16,18-40H,17H2,1H3. The third kappa shape index (κ3) is 6.04. The van der Waals surface area contributed by atoms with Crippen molar-refractivity contribution >= 4 is 22.6 Å². The smallest absolute Gasteiger partial charge is 0.0714 e. The van der Waals surface area contributed by atoms with E-state index in [0.29, 0.717) is 5.92 Å². The molecule has 10 rings (SSSR count). The molecule has 2 aliphatic rings. The molecule has 1 heteroatoms. The van der Waals surface area contributed by atoms with Crippen molar-refractivity contribution in [1.82, 2.24) is 0 Å². The zero-order valence-corrected chi connectivity index (χ0v) is 32.1. The highest BCUT2D eigenvalue weighted by Gasteiger charge is 2.46. The number of allylic oxidation sites excluding steroid dienone is 4. The van der Waals surface area contributed by atoms with E-state index in [1.807, 2.05) is 0 Å². The topological polar surface area (TPSA) is 3.24 Å². The molecule has 0 aliphatic heterocycles. The first-order chi connectivity index (χ1) is 28.2. The fourth-order valence-corrected chi connectivity index (χ4v) is 9.21. The quantitative estimate of drug-likeness (QED) is 0.151. The summed E-state index contributed by atoms with van der Waals surface area (Å²) >= 11 is 0. The van der Waals surface area contributed by atoms with Gasteiger partial charge in [0, 0.05) is 16.9 Å². The lowest BCUT2D eigenvalue weighted by Crippen LogP contribution is -2.28. The number of benzene rings is 8. The SMILES string of the molecule is CC1C=C(c2ccc(N(c3ccc(-c4ccccc4)cc3)c3cc4c(cc3-c3ccccc3)-c3ccccc3C4(c3ccccc3)c3ccccc3)cc2)C=CC1. The Kier molecular flexibility index (Phi) is 8.84. The van der Waals surface area contributed by atoms with Crippen LogP contribution in [-0.2, 0) is 5.41 Å². The Balaban J connectivity index is 1.26. The molecule has 0 fully saturated rings. The molecule has 1 nitrogen and oxygen atoms in total. The Morgan fingerprint density at radius 3 is 1.54 bits per heavy atom. The van der Waals surface area contributed by atoms with Crippen molar-refractivity contribution in [2.75, 3.05) is 4.90 Å². The highest BCUT2D eigenvalue weighted by molar-refractivity contribution is 5.97. The van der Waals surface area contributed by atoms with E-state index >= 15 is 0 Å². The average Bonchev–Trinajstić information content (AvgIpc) is 3.58. The van der Waals surface area contributed by atoms with Crippen molar-refractivity contribution in [3.8, 4) is 33.4 Å². The zero-order valence-electron chi connectivity index (χ0n) is 32.1. The van der Waals surface area contributed by atoms with Gasteiger partial charge in [-0.05, 0) is 110 Å². The van der Waals surface area contributed by atoms with Gasteiger partial charge in [0.05, 0.1) is 11.1 Å². The van der Waals surface area contributed by atoms with Crippen LogP contribution < -0.4 is 4.90 Å². The molecular formula is C56H43N. The van der Waals surface area contributed by atoms with Crippen LogP contribution in [0, 0.1) is 5.92 Å². The number of nitrogens with zero attached hydrogens (tertiary/aromatic N) is 1. The van der Waals surface area contributed by atoms with E-state index in [1.54, 1.807) is 0 Å². The first-order valence-electron chi connectivity index (χ1n) is 20.1. The Morgan fingerprint density at radius 2 is 0.947 bits per heavy atom. The van der Waals surface area contributed by atoms with Crippen LogP contribution in [0.4, 0.5) is 17.1 Å². The third-order valence-corrected chi connectivity index (χ3v) is 11.9. The highest BCUT2D eigenvalue weighted by Crippen LogP contribution is 2.58. The molecule has 0 bridgehead atoms. The monoisotopic (exact) mass is 729 g/mol. The third-order valence-electron chi connectivity index (χ3n) is 11.9. The molecule has 1 unspecified atom stereocenters. The van der Waals surface area contributed by atoms with Crippen LogP contribution in [0.25, 0.3) is 39.0 Å². The molecule has 1 atom stereocenters. The van der Waals surface area contributed by atoms with Crippen LogP contribution in [-0.4, -0.2) is 0 Å². The summed E-state index contributed by atoms with van der Waals surface area (Å²) in [6.07, 6.45) is 8.06. The maximum atomic E-state index is 2.50. The van der Waals surface area contributed by atoms with Gasteiger partial charge in [0.2, 0.25) is 0 Å². The van der Waals surface area contributed by atoms with E-state index in [0.717, 1.165) is 23.5 Å². The lowest BCUT2D eigenvalue weighted by Gasteiger charge is -2.35. The molecule has 2 aliphatic carbocycles. The van der Waals surface area contributed by atoms with Gasteiger partial charge in [-0.1, -0.05) is 195 Å². The Hall–Kier alpha value is -6.96. The van der Waals surface area contributed by atoms with Crippen molar-refractivity contribution in [2.45, 2.75) is 18.8 Å². The van der Waals surface area contributed by atoms with Crippen molar-refractivity contribution in [1.29, 1.82) is 0 Å². The van der Waals surface area contributed by atoms with E-state index in [1.165, 1.54) is 66.8 Å². The minimum Gasteiger partial charge on any atom is -0.310 e. The second kappa shape index (κ2) is 14.6. The van der Waals surface area contributed by atoms with Gasteiger partial charge in [0.1, 0.15) is 0 Å². The van der Waals surface area contributed by atoms with Gasteiger partial charge in [-0.25, -0.2) is 0 Å². The first-order valence-corrected chi connectivity index (χ1v) is 20.1.